The number of thiazole rings is 1. The fraction of sp³-hybridized carbons (Fsp3) is 0.500. The molecule has 0 saturated heterocycles. The Balaban J connectivity index is 1.76. The molecule has 0 spiro atoms. The number of hydrogen-bond donors (Lipinski definition) is 4. The Morgan fingerprint density at radius 2 is 2.03 bits per heavy atom. The van der Waals surface area contributed by atoms with Crippen LogP contribution in [-0.2, 0) is 12.3 Å². The third kappa shape index (κ3) is 6.63. The van der Waals surface area contributed by atoms with E-state index in [-0.39, 0.29) is 19.3 Å². The van der Waals surface area contributed by atoms with Gasteiger partial charge in [0.25, 0.3) is 0 Å². The van der Waals surface area contributed by atoms with Crippen molar-refractivity contribution < 1.29 is 10.2 Å². The van der Waals surface area contributed by atoms with Gasteiger partial charge >= 0.3 is 0 Å². The quantitative estimate of drug-likeness (QED) is 0.290. The van der Waals surface area contributed by atoms with Crippen molar-refractivity contribution in [1.29, 1.82) is 0 Å². The molecule has 4 N–H and O–H groups in total. The van der Waals surface area contributed by atoms with Gasteiger partial charge in [-0.2, -0.15) is 0 Å². The maximum Gasteiger partial charge on any atom is 0.183 e. The molecule has 2 heterocycles. The van der Waals surface area contributed by atoms with Crippen molar-refractivity contribution in [2.24, 2.45) is 5.92 Å². The lowest BCUT2D eigenvalue weighted by atomic mass is 10.0. The van der Waals surface area contributed by atoms with Crippen molar-refractivity contribution in [1.82, 2.24) is 14.6 Å². The van der Waals surface area contributed by atoms with Crippen LogP contribution in [-0.4, -0.2) is 45.3 Å². The molecule has 8 heteroatoms. The second-order valence-electron chi connectivity index (χ2n) is 7.83. The van der Waals surface area contributed by atoms with Gasteiger partial charge < -0.3 is 25.2 Å². The molecule has 3 rings (SSSR count). The smallest absolute Gasteiger partial charge is 0.183 e. The van der Waals surface area contributed by atoms with Gasteiger partial charge in [-0.15, -0.1) is 0 Å². The third-order valence-corrected chi connectivity index (χ3v) is 6.74. The van der Waals surface area contributed by atoms with Gasteiger partial charge in [0.1, 0.15) is 5.69 Å². The molecule has 1 aromatic carbocycles. The Bertz CT molecular complexity index is 811. The second kappa shape index (κ2) is 11.6. The molecule has 0 aliphatic carbocycles. The van der Waals surface area contributed by atoms with Gasteiger partial charge in [-0.05, 0) is 36.3 Å². The summed E-state index contributed by atoms with van der Waals surface area (Å²) >= 11 is 3.44. The van der Waals surface area contributed by atoms with E-state index in [0.717, 1.165) is 35.2 Å². The zero-order valence-corrected chi connectivity index (χ0v) is 19.3. The molecule has 1 atom stereocenters. The van der Waals surface area contributed by atoms with Crippen molar-refractivity contribution in [2.75, 3.05) is 25.1 Å². The Hall–Kier alpha value is -1.74. The predicted octanol–water partition coefficient (Wildman–Crippen LogP) is 3.90. The predicted molar refractivity (Wildman–Crippen MR) is 127 cm³/mol. The summed E-state index contributed by atoms with van der Waals surface area (Å²) in [5, 5.41) is 26.6. The Labute approximate surface area is 187 Å². The van der Waals surface area contributed by atoms with Gasteiger partial charge in [-0.25, -0.2) is 4.98 Å². The SMILES string of the molecule is CC(C)CC(CO)NC1=CN(SCc2ccccc2)Cc2sc(NCCCO)nc21. The highest BCUT2D eigenvalue weighted by Gasteiger charge is 2.24. The van der Waals surface area contributed by atoms with Crippen LogP contribution in [0.4, 0.5) is 5.13 Å². The third-order valence-electron chi connectivity index (χ3n) is 4.71. The molecular weight excluding hydrogens is 416 g/mol. The number of aromatic nitrogens is 1. The Morgan fingerprint density at radius 1 is 1.23 bits per heavy atom. The van der Waals surface area contributed by atoms with Gasteiger partial charge in [0, 0.05) is 31.1 Å². The van der Waals surface area contributed by atoms with E-state index in [4.69, 9.17) is 10.1 Å². The normalized spacial score (nSPS) is 14.4. The van der Waals surface area contributed by atoms with Crippen LogP contribution in [0.1, 0.15) is 42.8 Å². The van der Waals surface area contributed by atoms with Crippen molar-refractivity contribution in [2.45, 2.75) is 45.0 Å². The number of rotatable bonds is 12. The van der Waals surface area contributed by atoms with Gasteiger partial charge in [-0.3, -0.25) is 0 Å². The highest BCUT2D eigenvalue weighted by Crippen LogP contribution is 2.36. The number of nitrogens with zero attached hydrogens (tertiary/aromatic N) is 2. The van der Waals surface area contributed by atoms with Crippen molar-refractivity contribution in [3.05, 3.63) is 52.7 Å². The van der Waals surface area contributed by atoms with E-state index in [1.807, 2.05) is 6.07 Å². The van der Waals surface area contributed by atoms with Gasteiger partial charge in [0.2, 0.25) is 0 Å². The summed E-state index contributed by atoms with van der Waals surface area (Å²) in [5.41, 5.74) is 3.22. The fourth-order valence-corrected chi connectivity index (χ4v) is 5.29. The molecular formula is C22H32N4O2S2. The average molecular weight is 449 g/mol. The van der Waals surface area contributed by atoms with Crippen molar-refractivity contribution >= 4 is 34.1 Å². The molecule has 0 radical (unpaired) electrons. The zero-order valence-electron chi connectivity index (χ0n) is 17.7. The summed E-state index contributed by atoms with van der Waals surface area (Å²) in [6.07, 6.45) is 3.72. The molecule has 0 amide bonds. The van der Waals surface area contributed by atoms with Gasteiger partial charge in [-0.1, -0.05) is 55.5 Å². The number of aliphatic hydroxyl groups is 2. The van der Waals surface area contributed by atoms with Crippen LogP contribution in [0, 0.1) is 5.92 Å². The van der Waals surface area contributed by atoms with Gasteiger partial charge in [0.05, 0.1) is 23.7 Å². The average Bonchev–Trinajstić information content (AvgIpc) is 3.15. The fourth-order valence-electron chi connectivity index (χ4n) is 3.30. The largest absolute Gasteiger partial charge is 0.396 e. The first-order chi connectivity index (χ1) is 14.6. The highest BCUT2D eigenvalue weighted by molar-refractivity contribution is 7.96. The molecule has 0 bridgehead atoms. The van der Waals surface area contributed by atoms with E-state index >= 15 is 0 Å². The van der Waals surface area contributed by atoms with E-state index in [1.165, 1.54) is 10.4 Å². The number of benzene rings is 1. The highest BCUT2D eigenvalue weighted by atomic mass is 32.2. The van der Waals surface area contributed by atoms with Gasteiger partial charge in [0.15, 0.2) is 5.13 Å². The molecule has 0 fully saturated rings. The number of hydrogen-bond acceptors (Lipinski definition) is 8. The number of anilines is 1. The van der Waals surface area contributed by atoms with Crippen LogP contribution in [0.15, 0.2) is 36.5 Å². The van der Waals surface area contributed by atoms with E-state index in [1.54, 1.807) is 23.3 Å². The minimum Gasteiger partial charge on any atom is -0.396 e. The molecule has 30 heavy (non-hydrogen) atoms. The van der Waals surface area contributed by atoms with E-state index in [2.05, 4.69) is 59.3 Å². The summed E-state index contributed by atoms with van der Waals surface area (Å²) in [4.78, 5) is 6.00. The summed E-state index contributed by atoms with van der Waals surface area (Å²) < 4.78 is 2.25. The molecule has 1 aliphatic rings. The molecule has 1 aromatic heterocycles. The summed E-state index contributed by atoms with van der Waals surface area (Å²) in [6, 6.07) is 10.5. The first-order valence-corrected chi connectivity index (χ1v) is 12.2. The van der Waals surface area contributed by atoms with Crippen molar-refractivity contribution in [3.8, 4) is 0 Å². The molecule has 1 aliphatic heterocycles. The summed E-state index contributed by atoms with van der Waals surface area (Å²) in [5.74, 6) is 1.39. The topological polar surface area (TPSA) is 80.7 Å². The minimum atomic E-state index is -0.00401. The monoisotopic (exact) mass is 448 g/mol. The lowest BCUT2D eigenvalue weighted by Gasteiger charge is -2.28. The molecule has 0 saturated carbocycles. The maximum atomic E-state index is 9.86. The summed E-state index contributed by atoms with van der Waals surface area (Å²) in [6.45, 7) is 6.09. The van der Waals surface area contributed by atoms with E-state index in [0.29, 0.717) is 18.9 Å². The number of aliphatic hydroxyl groups excluding tert-OH is 2. The molecule has 1 unspecified atom stereocenters. The molecule has 164 valence electrons. The Kier molecular flexibility index (Phi) is 8.87. The summed E-state index contributed by atoms with van der Waals surface area (Å²) in [7, 11) is 0. The van der Waals surface area contributed by atoms with Crippen LogP contribution in [0.3, 0.4) is 0 Å². The zero-order chi connectivity index (χ0) is 21.3. The van der Waals surface area contributed by atoms with Crippen LogP contribution in [0.5, 0.6) is 0 Å². The lowest BCUT2D eigenvalue weighted by molar-refractivity contribution is 0.236. The maximum absolute atomic E-state index is 9.86. The number of fused-ring (bicyclic) bond motifs is 1. The molecule has 6 nitrogen and oxygen atoms in total. The second-order valence-corrected chi connectivity index (χ2v) is 9.92. The minimum absolute atomic E-state index is 0.00401. The van der Waals surface area contributed by atoms with E-state index in [9.17, 15) is 5.11 Å². The standard InChI is InChI=1S/C22H32N4O2S2/c1-16(2)11-18(14-28)24-19-12-26(29-15-17-7-4-3-5-8-17)13-20-21(19)25-22(30-20)23-9-6-10-27/h3-5,7-8,12,16,18,24,27-28H,6,9-11,13-15H2,1-2H3,(H,23,25). The Morgan fingerprint density at radius 3 is 2.73 bits per heavy atom. The van der Waals surface area contributed by atoms with Crippen LogP contribution < -0.4 is 10.6 Å². The van der Waals surface area contributed by atoms with Crippen LogP contribution in [0.2, 0.25) is 0 Å². The van der Waals surface area contributed by atoms with Crippen LogP contribution in [0.25, 0.3) is 5.70 Å². The first-order valence-electron chi connectivity index (χ1n) is 10.5. The van der Waals surface area contributed by atoms with Crippen molar-refractivity contribution in [3.63, 3.8) is 0 Å². The van der Waals surface area contributed by atoms with Crippen LogP contribution >= 0.6 is 23.3 Å². The molecule has 2 aromatic rings. The lowest BCUT2D eigenvalue weighted by Crippen LogP contribution is -2.34. The number of nitrogens with one attached hydrogen (secondary N) is 2. The first kappa shape index (κ1) is 22.9. The van der Waals surface area contributed by atoms with E-state index < -0.39 is 0 Å².